The van der Waals surface area contributed by atoms with Crippen LogP contribution >= 0.6 is 0 Å². The minimum atomic E-state index is -0.205. The number of fused-ring (bicyclic) bond motifs is 1. The Bertz CT molecular complexity index is 410. The molecule has 0 aliphatic carbocycles. The molecule has 3 nitrogen and oxygen atoms in total. The van der Waals surface area contributed by atoms with Gasteiger partial charge in [0.25, 0.3) is 11.8 Å². The van der Waals surface area contributed by atoms with Crippen LogP contribution in [-0.2, 0) is 0 Å². The Morgan fingerprint density at radius 2 is 1.67 bits per heavy atom. The van der Waals surface area contributed by atoms with E-state index in [1.54, 1.807) is 12.1 Å². The molecule has 2 rings (SSSR count). The molecule has 2 amide bonds. The van der Waals surface area contributed by atoms with Crippen molar-refractivity contribution in [3.05, 3.63) is 34.9 Å². The van der Waals surface area contributed by atoms with E-state index in [2.05, 4.69) is 0 Å². The van der Waals surface area contributed by atoms with Crippen LogP contribution < -0.4 is 0 Å². The summed E-state index contributed by atoms with van der Waals surface area (Å²) >= 11 is 0. The van der Waals surface area contributed by atoms with Gasteiger partial charge in [-0.05, 0) is 18.6 Å². The molecule has 0 N–H and O–H groups in total. The predicted octanol–water partition coefficient (Wildman–Crippen LogP) is 2.25. The summed E-state index contributed by atoms with van der Waals surface area (Å²) in [6.07, 6.45) is 0. The lowest BCUT2D eigenvalue weighted by Crippen LogP contribution is -2.24. The van der Waals surface area contributed by atoms with Crippen LogP contribution in [0, 0.1) is 6.92 Å². The average molecular weight is 205 g/mol. The van der Waals surface area contributed by atoms with E-state index < -0.39 is 0 Å². The lowest BCUT2D eigenvalue weighted by Gasteiger charge is -2.03. The molecule has 15 heavy (non-hydrogen) atoms. The zero-order chi connectivity index (χ0) is 11.6. The van der Waals surface area contributed by atoms with Crippen LogP contribution in [-0.4, -0.2) is 23.8 Å². The number of amides is 2. The number of benzene rings is 1. The van der Waals surface area contributed by atoms with E-state index in [4.69, 9.17) is 0 Å². The Labute approximate surface area is 89.7 Å². The number of imide groups is 1. The first-order chi connectivity index (χ1) is 7.13. The second-order valence-electron chi connectivity index (χ2n) is 3.17. The Balaban J connectivity index is 0.000000531. The van der Waals surface area contributed by atoms with E-state index in [-0.39, 0.29) is 11.8 Å². The Kier molecular flexibility index (Phi) is 3.24. The van der Waals surface area contributed by atoms with Crippen LogP contribution in [0.1, 0.15) is 40.1 Å². The smallest absolute Gasteiger partial charge is 0.261 e. The largest absolute Gasteiger partial charge is 0.277 e. The number of nitrogens with zero attached hydrogens (tertiary/aromatic N) is 1. The quantitative estimate of drug-likeness (QED) is 0.609. The van der Waals surface area contributed by atoms with Crippen molar-refractivity contribution in [2.75, 3.05) is 7.05 Å². The van der Waals surface area contributed by atoms with Gasteiger partial charge in [0, 0.05) is 7.05 Å². The number of aryl methyl sites for hydroxylation is 1. The second kappa shape index (κ2) is 4.26. The van der Waals surface area contributed by atoms with Gasteiger partial charge in [-0.1, -0.05) is 26.0 Å². The molecule has 0 aromatic heterocycles. The third-order valence-electron chi connectivity index (χ3n) is 2.33. The molecule has 0 fully saturated rings. The zero-order valence-corrected chi connectivity index (χ0v) is 9.50. The summed E-state index contributed by atoms with van der Waals surface area (Å²) < 4.78 is 0. The summed E-state index contributed by atoms with van der Waals surface area (Å²) in [6, 6.07) is 5.31. The molecule has 3 heteroatoms. The van der Waals surface area contributed by atoms with Gasteiger partial charge >= 0.3 is 0 Å². The van der Waals surface area contributed by atoms with Crippen molar-refractivity contribution in [1.29, 1.82) is 0 Å². The van der Waals surface area contributed by atoms with Gasteiger partial charge < -0.3 is 0 Å². The van der Waals surface area contributed by atoms with Crippen LogP contribution in [0.4, 0.5) is 0 Å². The molecule has 0 saturated heterocycles. The second-order valence-corrected chi connectivity index (χ2v) is 3.17. The van der Waals surface area contributed by atoms with Gasteiger partial charge in [0.1, 0.15) is 0 Å². The average Bonchev–Trinajstić information content (AvgIpc) is 2.48. The van der Waals surface area contributed by atoms with Crippen molar-refractivity contribution in [2.24, 2.45) is 0 Å². The highest BCUT2D eigenvalue weighted by atomic mass is 16.2. The fraction of sp³-hybridized carbons (Fsp3) is 0.333. The summed E-state index contributed by atoms with van der Waals surface area (Å²) in [4.78, 5) is 24.1. The number of rotatable bonds is 0. The normalized spacial score (nSPS) is 13.5. The summed E-state index contributed by atoms with van der Waals surface area (Å²) in [6.45, 7) is 5.84. The van der Waals surface area contributed by atoms with Crippen molar-refractivity contribution in [1.82, 2.24) is 4.90 Å². The number of carbonyl (C=O) groups excluding carboxylic acids is 2. The fourth-order valence-corrected chi connectivity index (χ4v) is 1.57. The lowest BCUT2D eigenvalue weighted by atomic mass is 10.0. The number of carbonyl (C=O) groups is 2. The van der Waals surface area contributed by atoms with E-state index in [9.17, 15) is 9.59 Å². The van der Waals surface area contributed by atoms with Crippen molar-refractivity contribution in [2.45, 2.75) is 20.8 Å². The Hall–Kier alpha value is -1.64. The minimum absolute atomic E-state index is 0.196. The summed E-state index contributed by atoms with van der Waals surface area (Å²) in [5.41, 5.74) is 1.93. The van der Waals surface area contributed by atoms with Gasteiger partial charge in [0.2, 0.25) is 0 Å². The van der Waals surface area contributed by atoms with Gasteiger partial charge in [-0.15, -0.1) is 0 Å². The molecule has 0 bridgehead atoms. The molecule has 80 valence electrons. The Morgan fingerprint density at radius 1 is 1.07 bits per heavy atom. The molecule has 0 atom stereocenters. The van der Waals surface area contributed by atoms with Crippen LogP contribution in [0.2, 0.25) is 0 Å². The zero-order valence-electron chi connectivity index (χ0n) is 9.50. The lowest BCUT2D eigenvalue weighted by molar-refractivity contribution is 0.0693. The highest BCUT2D eigenvalue weighted by Gasteiger charge is 2.33. The third kappa shape index (κ3) is 1.65. The molecule has 0 radical (unpaired) electrons. The fourth-order valence-electron chi connectivity index (χ4n) is 1.57. The third-order valence-corrected chi connectivity index (χ3v) is 2.33. The van der Waals surface area contributed by atoms with E-state index >= 15 is 0 Å². The van der Waals surface area contributed by atoms with Crippen molar-refractivity contribution in [3.63, 3.8) is 0 Å². The monoisotopic (exact) mass is 205 g/mol. The molecule has 0 saturated carbocycles. The van der Waals surface area contributed by atoms with E-state index in [0.29, 0.717) is 11.1 Å². The first-order valence-corrected chi connectivity index (χ1v) is 5.05. The van der Waals surface area contributed by atoms with Gasteiger partial charge in [0.05, 0.1) is 11.1 Å². The highest BCUT2D eigenvalue weighted by Crippen LogP contribution is 2.23. The molecule has 1 aromatic carbocycles. The van der Waals surface area contributed by atoms with E-state index in [1.807, 2.05) is 26.8 Å². The van der Waals surface area contributed by atoms with Crippen LogP contribution in [0.15, 0.2) is 18.2 Å². The van der Waals surface area contributed by atoms with Gasteiger partial charge in [-0.25, -0.2) is 0 Å². The summed E-state index contributed by atoms with van der Waals surface area (Å²) in [5.74, 6) is -0.401. The number of hydrogen-bond acceptors (Lipinski definition) is 2. The van der Waals surface area contributed by atoms with Gasteiger partial charge in [0.15, 0.2) is 0 Å². The van der Waals surface area contributed by atoms with E-state index in [1.165, 1.54) is 7.05 Å². The van der Waals surface area contributed by atoms with Crippen LogP contribution in [0.5, 0.6) is 0 Å². The van der Waals surface area contributed by atoms with Gasteiger partial charge in [-0.2, -0.15) is 0 Å². The molecule has 1 aromatic rings. The molecular formula is C12H15NO2. The van der Waals surface area contributed by atoms with Crippen molar-refractivity contribution >= 4 is 11.8 Å². The summed E-state index contributed by atoms with van der Waals surface area (Å²) in [7, 11) is 1.50. The molecule has 0 unspecified atom stereocenters. The molecular weight excluding hydrogens is 190 g/mol. The van der Waals surface area contributed by atoms with E-state index in [0.717, 1.165) is 10.5 Å². The first kappa shape index (κ1) is 11.4. The van der Waals surface area contributed by atoms with Gasteiger partial charge in [-0.3, -0.25) is 14.5 Å². The Morgan fingerprint density at radius 3 is 2.20 bits per heavy atom. The topological polar surface area (TPSA) is 37.4 Å². The maximum absolute atomic E-state index is 11.5. The molecule has 1 aliphatic heterocycles. The minimum Gasteiger partial charge on any atom is -0.277 e. The standard InChI is InChI=1S/C10H9NO2.C2H6/c1-6-4-3-5-7-8(6)10(13)11(2)9(7)12;1-2/h3-5H,1-2H3;1-2H3. The molecule has 1 heterocycles. The van der Waals surface area contributed by atoms with Crippen LogP contribution in [0.25, 0.3) is 0 Å². The predicted molar refractivity (Wildman–Crippen MR) is 59.0 cm³/mol. The molecule has 1 aliphatic rings. The highest BCUT2D eigenvalue weighted by molar-refractivity contribution is 6.21. The maximum Gasteiger partial charge on any atom is 0.261 e. The first-order valence-electron chi connectivity index (χ1n) is 5.05. The SMILES string of the molecule is CC.Cc1cccc2c1C(=O)N(C)C2=O. The molecule has 0 spiro atoms. The maximum atomic E-state index is 11.5. The number of hydrogen-bond donors (Lipinski definition) is 0. The van der Waals surface area contributed by atoms with Crippen molar-refractivity contribution in [3.8, 4) is 0 Å². The summed E-state index contributed by atoms with van der Waals surface area (Å²) in [5, 5.41) is 0. The van der Waals surface area contributed by atoms with Crippen molar-refractivity contribution < 1.29 is 9.59 Å². The van der Waals surface area contributed by atoms with Crippen LogP contribution in [0.3, 0.4) is 0 Å².